The molecule has 160 valence electrons. The van der Waals surface area contributed by atoms with Crippen LogP contribution in [0.3, 0.4) is 0 Å². The van der Waals surface area contributed by atoms with Gasteiger partial charge >= 0.3 is 5.92 Å². The molecule has 5 rings (SSSR count). The maximum atomic E-state index is 14.5. The molecule has 1 N–H and O–H groups in total. The van der Waals surface area contributed by atoms with Gasteiger partial charge in [-0.25, -0.2) is 4.98 Å². The van der Waals surface area contributed by atoms with E-state index in [1.165, 1.54) is 29.3 Å². The zero-order valence-corrected chi connectivity index (χ0v) is 16.6. The van der Waals surface area contributed by atoms with Crippen molar-refractivity contribution in [1.29, 1.82) is 0 Å². The van der Waals surface area contributed by atoms with Crippen LogP contribution in [0.1, 0.15) is 17.3 Å². The topological polar surface area (TPSA) is 107 Å². The van der Waals surface area contributed by atoms with Crippen LogP contribution in [0.5, 0.6) is 0 Å². The zero-order valence-electron chi connectivity index (χ0n) is 16.6. The lowest BCUT2D eigenvalue weighted by Gasteiger charge is -2.17. The minimum atomic E-state index is -3.15. The average Bonchev–Trinajstić information content (AvgIpc) is 3.49. The Labute approximate surface area is 180 Å². The van der Waals surface area contributed by atoms with Crippen LogP contribution in [0.2, 0.25) is 0 Å². The number of nitrogens with zero attached hydrogens (tertiary/aromatic N) is 7. The van der Waals surface area contributed by atoms with Crippen LogP contribution in [0.15, 0.2) is 71.7 Å². The molecule has 0 saturated carbocycles. The standard InChI is InChI=1S/C21H16F2N8O/c22-21(23,18-8-1-2-9-25-18)12-26-14-5-3-7-17-20(14)28-19(32-17)11-15-16(6-4-10-24-15)31-13-27-29-30-31/h1-10,13,26H,11-12H2. The summed E-state index contributed by atoms with van der Waals surface area (Å²) in [5.41, 5.74) is 2.42. The van der Waals surface area contributed by atoms with E-state index in [0.717, 1.165) is 0 Å². The molecule has 0 radical (unpaired) electrons. The van der Waals surface area contributed by atoms with Crippen molar-refractivity contribution >= 4 is 16.8 Å². The molecule has 0 amide bonds. The largest absolute Gasteiger partial charge is 0.440 e. The van der Waals surface area contributed by atoms with Crippen LogP contribution >= 0.6 is 0 Å². The molecule has 0 atom stereocenters. The summed E-state index contributed by atoms with van der Waals surface area (Å²) in [7, 11) is 0. The smallest absolute Gasteiger partial charge is 0.306 e. The first kappa shape index (κ1) is 19.7. The van der Waals surface area contributed by atoms with Gasteiger partial charge in [0, 0.05) is 12.4 Å². The van der Waals surface area contributed by atoms with Crippen molar-refractivity contribution in [2.24, 2.45) is 0 Å². The molecule has 32 heavy (non-hydrogen) atoms. The number of anilines is 1. The van der Waals surface area contributed by atoms with Crippen LogP contribution in [0, 0.1) is 0 Å². The van der Waals surface area contributed by atoms with Gasteiger partial charge in [0.1, 0.15) is 17.5 Å². The number of halogens is 2. The van der Waals surface area contributed by atoms with Crippen molar-refractivity contribution in [1.82, 2.24) is 35.2 Å². The van der Waals surface area contributed by atoms with E-state index in [-0.39, 0.29) is 12.1 Å². The van der Waals surface area contributed by atoms with Gasteiger partial charge in [0.2, 0.25) is 5.89 Å². The highest BCUT2D eigenvalue weighted by Crippen LogP contribution is 2.29. The number of pyridine rings is 2. The van der Waals surface area contributed by atoms with Gasteiger partial charge in [-0.3, -0.25) is 9.97 Å². The van der Waals surface area contributed by atoms with Gasteiger partial charge in [-0.1, -0.05) is 12.1 Å². The fraction of sp³-hybridized carbons (Fsp3) is 0.143. The monoisotopic (exact) mass is 434 g/mol. The van der Waals surface area contributed by atoms with E-state index in [1.807, 2.05) is 6.07 Å². The highest BCUT2D eigenvalue weighted by Gasteiger charge is 2.33. The third kappa shape index (κ3) is 3.87. The van der Waals surface area contributed by atoms with Crippen molar-refractivity contribution in [2.45, 2.75) is 12.3 Å². The molecule has 9 nitrogen and oxygen atoms in total. The summed E-state index contributed by atoms with van der Waals surface area (Å²) in [6, 6.07) is 13.1. The summed E-state index contributed by atoms with van der Waals surface area (Å²) in [6.07, 6.45) is 4.73. The Kier molecular flexibility index (Phi) is 4.98. The highest BCUT2D eigenvalue weighted by molar-refractivity contribution is 5.86. The van der Waals surface area contributed by atoms with Gasteiger partial charge in [-0.05, 0) is 46.8 Å². The lowest BCUT2D eigenvalue weighted by molar-refractivity contribution is 0.00602. The SMILES string of the molecule is FC(F)(CNc1cccc2oc(Cc3ncccc3-n3cnnn3)nc12)c1ccccn1. The van der Waals surface area contributed by atoms with Crippen LogP contribution in [-0.4, -0.2) is 41.7 Å². The summed E-state index contributed by atoms with van der Waals surface area (Å²) in [4.78, 5) is 12.7. The number of benzene rings is 1. The van der Waals surface area contributed by atoms with Crippen LogP contribution in [0.25, 0.3) is 16.8 Å². The van der Waals surface area contributed by atoms with Gasteiger partial charge in [0.15, 0.2) is 5.58 Å². The molecular weight excluding hydrogens is 418 g/mol. The van der Waals surface area contributed by atoms with E-state index in [0.29, 0.717) is 34.1 Å². The van der Waals surface area contributed by atoms with Crippen molar-refractivity contribution in [3.8, 4) is 5.69 Å². The fourth-order valence-corrected chi connectivity index (χ4v) is 3.28. The van der Waals surface area contributed by atoms with Gasteiger partial charge < -0.3 is 9.73 Å². The normalized spacial score (nSPS) is 11.7. The first-order valence-electron chi connectivity index (χ1n) is 9.69. The van der Waals surface area contributed by atoms with E-state index < -0.39 is 12.5 Å². The van der Waals surface area contributed by atoms with E-state index >= 15 is 0 Å². The summed E-state index contributed by atoms with van der Waals surface area (Å²) >= 11 is 0. The molecule has 0 aliphatic rings. The van der Waals surface area contributed by atoms with Gasteiger partial charge in [-0.15, -0.1) is 5.10 Å². The van der Waals surface area contributed by atoms with Gasteiger partial charge in [-0.2, -0.15) is 13.5 Å². The first-order chi connectivity index (χ1) is 15.6. The zero-order chi connectivity index (χ0) is 22.0. The molecule has 0 unspecified atom stereocenters. The Morgan fingerprint density at radius 1 is 1.00 bits per heavy atom. The third-order valence-corrected chi connectivity index (χ3v) is 4.78. The van der Waals surface area contributed by atoms with E-state index in [1.54, 1.807) is 36.5 Å². The quantitative estimate of drug-likeness (QED) is 0.415. The molecule has 0 spiro atoms. The number of oxazole rings is 1. The molecule has 1 aromatic carbocycles. The number of alkyl halides is 2. The summed E-state index contributed by atoms with van der Waals surface area (Å²) in [5, 5.41) is 14.0. The number of aromatic nitrogens is 7. The fourth-order valence-electron chi connectivity index (χ4n) is 3.28. The van der Waals surface area contributed by atoms with E-state index in [2.05, 4.69) is 35.8 Å². The predicted molar refractivity (Wildman–Crippen MR) is 110 cm³/mol. The van der Waals surface area contributed by atoms with Crippen molar-refractivity contribution in [3.63, 3.8) is 0 Å². The molecule has 4 heterocycles. The van der Waals surface area contributed by atoms with E-state index in [4.69, 9.17) is 4.42 Å². The lowest BCUT2D eigenvalue weighted by Crippen LogP contribution is -2.25. The van der Waals surface area contributed by atoms with Crippen molar-refractivity contribution in [2.75, 3.05) is 11.9 Å². The number of fused-ring (bicyclic) bond motifs is 1. The predicted octanol–water partition coefficient (Wildman–Crippen LogP) is 3.39. The number of nitrogens with one attached hydrogen (secondary N) is 1. The van der Waals surface area contributed by atoms with Gasteiger partial charge in [0.05, 0.1) is 30.0 Å². The second kappa shape index (κ2) is 8.10. The highest BCUT2D eigenvalue weighted by atomic mass is 19.3. The Bertz CT molecular complexity index is 1340. The Morgan fingerprint density at radius 2 is 1.91 bits per heavy atom. The van der Waals surface area contributed by atoms with Crippen molar-refractivity contribution < 1.29 is 13.2 Å². The molecule has 0 aliphatic heterocycles. The molecule has 5 aromatic rings. The number of hydrogen-bond acceptors (Lipinski definition) is 8. The molecule has 0 bridgehead atoms. The molecule has 0 fully saturated rings. The van der Waals surface area contributed by atoms with Crippen LogP contribution in [-0.2, 0) is 12.3 Å². The molecule has 0 saturated heterocycles. The lowest BCUT2D eigenvalue weighted by atomic mass is 10.2. The average molecular weight is 434 g/mol. The maximum Gasteiger partial charge on any atom is 0.306 e. The van der Waals surface area contributed by atoms with E-state index in [9.17, 15) is 8.78 Å². The second-order valence-electron chi connectivity index (χ2n) is 6.93. The summed E-state index contributed by atoms with van der Waals surface area (Å²) in [5.74, 6) is -2.76. The minimum Gasteiger partial charge on any atom is -0.440 e. The van der Waals surface area contributed by atoms with Crippen LogP contribution in [0.4, 0.5) is 14.5 Å². The maximum absolute atomic E-state index is 14.5. The number of tetrazole rings is 1. The summed E-state index contributed by atoms with van der Waals surface area (Å²) < 4.78 is 36.4. The van der Waals surface area contributed by atoms with Crippen molar-refractivity contribution in [3.05, 3.63) is 84.5 Å². The molecule has 11 heteroatoms. The molecular formula is C21H16F2N8O. The first-order valence-corrected chi connectivity index (χ1v) is 9.69. The Balaban J connectivity index is 1.40. The third-order valence-electron chi connectivity index (χ3n) is 4.78. The molecule has 4 aromatic heterocycles. The second-order valence-corrected chi connectivity index (χ2v) is 6.93. The summed E-state index contributed by atoms with van der Waals surface area (Å²) in [6.45, 7) is -0.630. The van der Waals surface area contributed by atoms with Gasteiger partial charge in [0.25, 0.3) is 0 Å². The number of hydrogen-bond donors (Lipinski definition) is 1. The number of rotatable bonds is 7. The Morgan fingerprint density at radius 3 is 2.72 bits per heavy atom. The molecule has 0 aliphatic carbocycles. The number of para-hydroxylation sites is 1. The Hall–Kier alpha value is -4.28. The minimum absolute atomic E-state index is 0.272. The van der Waals surface area contributed by atoms with Crippen LogP contribution < -0.4 is 5.32 Å².